The monoisotopic (exact) mass is 368 g/mol. The molecule has 4 aromatic rings. The first-order valence-electron chi connectivity index (χ1n) is 8.83. The molecule has 0 saturated carbocycles. The molecule has 0 spiro atoms. The van der Waals surface area contributed by atoms with Gasteiger partial charge in [-0.3, -0.25) is 14.9 Å². The number of pyridine rings is 1. The minimum absolute atomic E-state index is 0.121. The lowest BCUT2D eigenvalue weighted by Gasteiger charge is -2.03. The minimum atomic E-state index is -0.121. The van der Waals surface area contributed by atoms with Crippen molar-refractivity contribution < 1.29 is 9.53 Å². The lowest BCUT2D eigenvalue weighted by atomic mass is 10.0. The van der Waals surface area contributed by atoms with E-state index in [4.69, 9.17) is 4.74 Å². The number of nitrogens with one attached hydrogen (secondary N) is 2. The van der Waals surface area contributed by atoms with Crippen molar-refractivity contribution in [2.45, 2.75) is 0 Å². The number of amides is 1. The van der Waals surface area contributed by atoms with E-state index in [1.807, 2.05) is 54.6 Å². The summed E-state index contributed by atoms with van der Waals surface area (Å²) < 4.78 is 5.29. The van der Waals surface area contributed by atoms with Crippen LogP contribution < -0.4 is 10.1 Å². The molecule has 0 unspecified atom stereocenters. The quantitative estimate of drug-likeness (QED) is 0.533. The van der Waals surface area contributed by atoms with Gasteiger partial charge in [-0.15, -0.1) is 0 Å². The molecule has 2 aromatic carbocycles. The fourth-order valence-electron chi connectivity index (χ4n) is 3.45. The number of fused-ring (bicyclic) bond motifs is 2. The van der Waals surface area contributed by atoms with E-state index in [1.165, 1.54) is 0 Å². The Morgan fingerprint density at radius 3 is 2.86 bits per heavy atom. The third-order valence-corrected chi connectivity index (χ3v) is 4.84. The Kier molecular flexibility index (Phi) is 3.69. The van der Waals surface area contributed by atoms with Gasteiger partial charge in [0, 0.05) is 40.2 Å². The summed E-state index contributed by atoms with van der Waals surface area (Å²) in [6.07, 6.45) is 5.41. The number of H-pyrrole nitrogens is 1. The zero-order chi connectivity index (χ0) is 19.1. The lowest BCUT2D eigenvalue weighted by Crippen LogP contribution is -2.03. The highest BCUT2D eigenvalue weighted by atomic mass is 16.5. The second kappa shape index (κ2) is 6.35. The molecule has 3 heterocycles. The molecular weight excluding hydrogens is 352 g/mol. The van der Waals surface area contributed by atoms with Crippen molar-refractivity contribution in [2.24, 2.45) is 0 Å². The molecule has 1 aliphatic heterocycles. The third-order valence-electron chi connectivity index (χ3n) is 4.84. The fourth-order valence-corrected chi connectivity index (χ4v) is 3.45. The predicted molar refractivity (Wildman–Crippen MR) is 109 cm³/mol. The Hall–Kier alpha value is -3.93. The zero-order valence-electron chi connectivity index (χ0n) is 15.1. The van der Waals surface area contributed by atoms with E-state index in [2.05, 4.69) is 20.5 Å². The van der Waals surface area contributed by atoms with Crippen LogP contribution in [0.4, 0.5) is 5.69 Å². The van der Waals surface area contributed by atoms with Gasteiger partial charge in [-0.2, -0.15) is 5.10 Å². The van der Waals surface area contributed by atoms with E-state index in [1.54, 1.807) is 19.5 Å². The van der Waals surface area contributed by atoms with Gasteiger partial charge in [-0.05, 0) is 54.1 Å². The fraction of sp³-hybridized carbons (Fsp3) is 0.0455. The highest BCUT2D eigenvalue weighted by Gasteiger charge is 2.24. The van der Waals surface area contributed by atoms with Crippen LogP contribution in [-0.4, -0.2) is 28.2 Å². The number of nitrogens with zero attached hydrogens (tertiary/aromatic N) is 2. The summed E-state index contributed by atoms with van der Waals surface area (Å²) in [4.78, 5) is 16.6. The molecule has 2 aromatic heterocycles. The van der Waals surface area contributed by atoms with Crippen molar-refractivity contribution in [1.82, 2.24) is 15.2 Å². The van der Waals surface area contributed by atoms with Crippen LogP contribution >= 0.6 is 0 Å². The van der Waals surface area contributed by atoms with Crippen LogP contribution in [0.25, 0.3) is 33.8 Å². The van der Waals surface area contributed by atoms with Crippen LogP contribution in [0.1, 0.15) is 11.1 Å². The first-order valence-corrected chi connectivity index (χ1v) is 8.83. The van der Waals surface area contributed by atoms with Gasteiger partial charge < -0.3 is 10.1 Å². The Labute approximate surface area is 160 Å². The second-order valence-corrected chi connectivity index (χ2v) is 6.54. The number of anilines is 1. The average Bonchev–Trinajstić information content (AvgIpc) is 3.29. The summed E-state index contributed by atoms with van der Waals surface area (Å²) in [5, 5.41) is 11.4. The van der Waals surface area contributed by atoms with E-state index in [9.17, 15) is 4.79 Å². The maximum absolute atomic E-state index is 12.4. The molecule has 0 radical (unpaired) electrons. The van der Waals surface area contributed by atoms with Gasteiger partial charge in [-0.25, -0.2) is 0 Å². The van der Waals surface area contributed by atoms with Crippen LogP contribution in [0.2, 0.25) is 0 Å². The van der Waals surface area contributed by atoms with Crippen molar-refractivity contribution in [3.63, 3.8) is 0 Å². The van der Waals surface area contributed by atoms with E-state index >= 15 is 0 Å². The molecule has 0 atom stereocenters. The molecule has 28 heavy (non-hydrogen) atoms. The standard InChI is InChI=1S/C22H16N4O2/c1-28-15-5-7-19-17(11-15)18(22(27)24-19)9-13-4-6-16-20(10-13)25-26-21(16)14-3-2-8-23-12-14/h2-12H,1H3,(H,24,27)(H,25,26)/b18-9+. The first-order chi connectivity index (χ1) is 13.7. The SMILES string of the molecule is COc1ccc2c(c1)/C(=C\c1ccc3c(-c4cccnc4)n[nH]c3c1)C(=O)N2. The summed E-state index contributed by atoms with van der Waals surface area (Å²) in [5.41, 5.74) is 5.86. The number of hydrogen-bond acceptors (Lipinski definition) is 4. The van der Waals surface area contributed by atoms with Crippen LogP contribution in [0.3, 0.4) is 0 Å². The molecule has 136 valence electrons. The molecule has 5 rings (SSSR count). The van der Waals surface area contributed by atoms with Gasteiger partial charge in [0.2, 0.25) is 0 Å². The Morgan fingerprint density at radius 1 is 1.11 bits per heavy atom. The average molecular weight is 368 g/mol. The number of carbonyl (C=O) groups is 1. The third kappa shape index (κ3) is 2.63. The van der Waals surface area contributed by atoms with Gasteiger partial charge in [0.1, 0.15) is 11.4 Å². The van der Waals surface area contributed by atoms with Crippen LogP contribution in [0, 0.1) is 0 Å². The van der Waals surface area contributed by atoms with Crippen LogP contribution in [0.15, 0.2) is 60.9 Å². The Morgan fingerprint density at radius 2 is 2.04 bits per heavy atom. The van der Waals surface area contributed by atoms with Gasteiger partial charge in [0.25, 0.3) is 5.91 Å². The number of benzene rings is 2. The number of rotatable bonds is 3. The zero-order valence-corrected chi connectivity index (χ0v) is 15.1. The predicted octanol–water partition coefficient (Wildman–Crippen LogP) is 4.13. The molecule has 0 fully saturated rings. The Bertz CT molecular complexity index is 1240. The minimum Gasteiger partial charge on any atom is -0.497 e. The van der Waals surface area contributed by atoms with Crippen molar-refractivity contribution in [1.29, 1.82) is 0 Å². The van der Waals surface area contributed by atoms with E-state index < -0.39 is 0 Å². The molecule has 6 nitrogen and oxygen atoms in total. The van der Waals surface area contributed by atoms with Gasteiger partial charge in [-0.1, -0.05) is 6.07 Å². The van der Waals surface area contributed by atoms with Crippen molar-refractivity contribution >= 4 is 34.1 Å². The van der Waals surface area contributed by atoms with Gasteiger partial charge in [0.15, 0.2) is 0 Å². The summed E-state index contributed by atoms with van der Waals surface area (Å²) in [6, 6.07) is 15.4. The number of hydrogen-bond donors (Lipinski definition) is 2. The van der Waals surface area contributed by atoms with Crippen LogP contribution in [-0.2, 0) is 4.79 Å². The molecule has 0 saturated heterocycles. The molecular formula is C22H16N4O2. The molecule has 0 aliphatic carbocycles. The number of aromatic amines is 1. The smallest absolute Gasteiger partial charge is 0.256 e. The van der Waals surface area contributed by atoms with Crippen molar-refractivity contribution in [3.05, 3.63) is 72.1 Å². The van der Waals surface area contributed by atoms with Crippen LogP contribution in [0.5, 0.6) is 5.75 Å². The van der Waals surface area contributed by atoms with Crippen molar-refractivity contribution in [2.75, 3.05) is 12.4 Å². The van der Waals surface area contributed by atoms with E-state index in [0.29, 0.717) is 11.3 Å². The number of ether oxygens (including phenoxy) is 1. The number of aromatic nitrogens is 3. The molecule has 1 aliphatic rings. The number of methoxy groups -OCH3 is 1. The molecule has 2 N–H and O–H groups in total. The van der Waals surface area contributed by atoms with E-state index in [-0.39, 0.29) is 5.91 Å². The maximum Gasteiger partial charge on any atom is 0.256 e. The van der Waals surface area contributed by atoms with E-state index in [0.717, 1.165) is 39.0 Å². The Balaban J connectivity index is 1.57. The molecule has 1 amide bonds. The summed E-state index contributed by atoms with van der Waals surface area (Å²) >= 11 is 0. The topological polar surface area (TPSA) is 79.9 Å². The number of carbonyl (C=O) groups excluding carboxylic acids is 1. The molecule has 6 heteroatoms. The second-order valence-electron chi connectivity index (χ2n) is 6.54. The first kappa shape index (κ1) is 16.3. The highest BCUT2D eigenvalue weighted by molar-refractivity contribution is 6.35. The maximum atomic E-state index is 12.4. The largest absolute Gasteiger partial charge is 0.497 e. The highest BCUT2D eigenvalue weighted by Crippen LogP contribution is 2.36. The summed E-state index contributed by atoms with van der Waals surface area (Å²) in [6.45, 7) is 0. The summed E-state index contributed by atoms with van der Waals surface area (Å²) in [5.74, 6) is 0.593. The summed E-state index contributed by atoms with van der Waals surface area (Å²) in [7, 11) is 1.61. The lowest BCUT2D eigenvalue weighted by molar-refractivity contribution is -0.110. The molecule has 0 bridgehead atoms. The van der Waals surface area contributed by atoms with Gasteiger partial charge in [0.05, 0.1) is 12.6 Å². The van der Waals surface area contributed by atoms with Gasteiger partial charge >= 0.3 is 0 Å². The normalized spacial score (nSPS) is 14.3. The van der Waals surface area contributed by atoms with Crippen molar-refractivity contribution in [3.8, 4) is 17.0 Å².